The lowest BCUT2D eigenvalue weighted by atomic mass is 10.2. The summed E-state index contributed by atoms with van der Waals surface area (Å²) < 4.78 is 11.2. The number of aromatic amines is 1. The molecule has 8 nitrogen and oxygen atoms in total. The molecule has 1 atom stereocenters. The molecule has 0 aromatic carbocycles. The number of ether oxygens (including phenoxy) is 2. The van der Waals surface area contributed by atoms with Gasteiger partial charge < -0.3 is 9.47 Å². The van der Waals surface area contributed by atoms with E-state index < -0.39 is 0 Å². The molecule has 126 valence electrons. The van der Waals surface area contributed by atoms with Gasteiger partial charge in [-0.2, -0.15) is 5.10 Å². The van der Waals surface area contributed by atoms with Crippen molar-refractivity contribution in [2.45, 2.75) is 39.3 Å². The summed E-state index contributed by atoms with van der Waals surface area (Å²) in [6.07, 6.45) is 1.87. The molecule has 0 aliphatic carbocycles. The predicted molar refractivity (Wildman–Crippen MR) is 85.4 cm³/mol. The molecule has 1 saturated heterocycles. The van der Waals surface area contributed by atoms with Crippen LogP contribution in [0.1, 0.15) is 43.0 Å². The topological polar surface area (TPSA) is 89.1 Å². The summed E-state index contributed by atoms with van der Waals surface area (Å²) in [7, 11) is 0. The largest absolute Gasteiger partial charge is 0.469 e. The Morgan fingerprint density at radius 3 is 3.13 bits per heavy atom. The minimum absolute atomic E-state index is 0.0927. The first kappa shape index (κ1) is 16.3. The van der Waals surface area contributed by atoms with E-state index >= 15 is 0 Å². The summed E-state index contributed by atoms with van der Waals surface area (Å²) in [5.41, 5.74) is 0. The Labute approximate surface area is 139 Å². The minimum Gasteiger partial charge on any atom is -0.469 e. The maximum atomic E-state index is 5.82. The van der Waals surface area contributed by atoms with Crippen molar-refractivity contribution in [2.24, 2.45) is 0 Å². The van der Waals surface area contributed by atoms with Crippen LogP contribution >= 0.6 is 11.3 Å². The number of aryl methyl sites for hydroxylation is 1. The zero-order chi connectivity index (χ0) is 16.1. The fourth-order valence-electron chi connectivity index (χ4n) is 2.48. The summed E-state index contributed by atoms with van der Waals surface area (Å²) in [6, 6.07) is 0. The molecule has 1 N–H and O–H groups in total. The summed E-state index contributed by atoms with van der Waals surface area (Å²) >= 11 is 1.49. The van der Waals surface area contributed by atoms with Gasteiger partial charge in [0.2, 0.25) is 0 Å². The van der Waals surface area contributed by atoms with Crippen molar-refractivity contribution in [1.29, 1.82) is 0 Å². The van der Waals surface area contributed by atoms with Crippen LogP contribution in [-0.4, -0.2) is 56.6 Å². The summed E-state index contributed by atoms with van der Waals surface area (Å²) in [4.78, 5) is 6.82. The van der Waals surface area contributed by atoms with Crippen LogP contribution in [-0.2, 0) is 17.7 Å². The normalized spacial score (nSPS) is 19.1. The Bertz CT molecular complexity index is 616. The van der Waals surface area contributed by atoms with E-state index in [0.717, 1.165) is 49.1 Å². The Balaban J connectivity index is 1.58. The van der Waals surface area contributed by atoms with Gasteiger partial charge in [0, 0.05) is 19.5 Å². The standard InChI is InChI=1S/C14H22N6O2S/c1-3-5-11-15-13(18-16-11)10-8-20(6-7-22-10)9-12-17-19-14(23-12)21-4-2/h10H,3-9H2,1-2H3,(H,15,16,18)/t10-/m1/s1. The van der Waals surface area contributed by atoms with E-state index in [1.165, 1.54) is 11.3 Å². The van der Waals surface area contributed by atoms with Crippen LogP contribution in [0.3, 0.4) is 0 Å². The second-order valence-electron chi connectivity index (χ2n) is 5.38. The minimum atomic E-state index is -0.0927. The van der Waals surface area contributed by atoms with Gasteiger partial charge in [0.1, 0.15) is 16.9 Å². The molecule has 0 spiro atoms. The van der Waals surface area contributed by atoms with Crippen LogP contribution in [0, 0.1) is 0 Å². The fourth-order valence-corrected chi connectivity index (χ4v) is 3.27. The first-order valence-corrected chi connectivity index (χ1v) is 8.80. The number of nitrogens with one attached hydrogen (secondary N) is 1. The SMILES string of the molecule is CCCc1nc([C@H]2CN(Cc3nnc(OCC)s3)CCO2)n[nH]1. The van der Waals surface area contributed by atoms with Crippen molar-refractivity contribution in [3.8, 4) is 5.19 Å². The van der Waals surface area contributed by atoms with Crippen LogP contribution in [0.5, 0.6) is 5.19 Å². The maximum absolute atomic E-state index is 5.82. The molecule has 1 aliphatic rings. The van der Waals surface area contributed by atoms with E-state index in [1.807, 2.05) is 6.92 Å². The third-order valence-corrected chi connectivity index (χ3v) is 4.37. The molecule has 0 bridgehead atoms. The average molecular weight is 338 g/mol. The van der Waals surface area contributed by atoms with Crippen LogP contribution in [0.15, 0.2) is 0 Å². The Kier molecular flexibility index (Phi) is 5.52. The van der Waals surface area contributed by atoms with Crippen LogP contribution < -0.4 is 4.74 Å². The van der Waals surface area contributed by atoms with Gasteiger partial charge in [-0.05, 0) is 13.3 Å². The number of hydrogen-bond donors (Lipinski definition) is 1. The highest BCUT2D eigenvalue weighted by molar-refractivity contribution is 7.13. The van der Waals surface area contributed by atoms with E-state index in [0.29, 0.717) is 18.4 Å². The fraction of sp³-hybridized carbons (Fsp3) is 0.714. The Hall–Kier alpha value is -1.58. The van der Waals surface area contributed by atoms with Crippen LogP contribution in [0.4, 0.5) is 0 Å². The van der Waals surface area contributed by atoms with E-state index in [9.17, 15) is 0 Å². The highest BCUT2D eigenvalue weighted by Crippen LogP contribution is 2.23. The van der Waals surface area contributed by atoms with Crippen LogP contribution in [0.25, 0.3) is 0 Å². The summed E-state index contributed by atoms with van der Waals surface area (Å²) in [5, 5.41) is 17.1. The van der Waals surface area contributed by atoms with Crippen molar-refractivity contribution in [3.63, 3.8) is 0 Å². The van der Waals surface area contributed by atoms with Gasteiger partial charge in [0.25, 0.3) is 5.19 Å². The van der Waals surface area contributed by atoms with Crippen molar-refractivity contribution >= 4 is 11.3 Å². The van der Waals surface area contributed by atoms with Crippen molar-refractivity contribution < 1.29 is 9.47 Å². The molecule has 9 heteroatoms. The molecule has 1 aliphatic heterocycles. The number of rotatable bonds is 7. The number of aromatic nitrogens is 5. The molecule has 2 aromatic heterocycles. The lowest BCUT2D eigenvalue weighted by Crippen LogP contribution is -2.38. The molecule has 0 unspecified atom stereocenters. The first-order valence-electron chi connectivity index (χ1n) is 7.98. The summed E-state index contributed by atoms with van der Waals surface area (Å²) in [5.74, 6) is 1.67. The van der Waals surface area contributed by atoms with Gasteiger partial charge >= 0.3 is 0 Å². The highest BCUT2D eigenvalue weighted by atomic mass is 32.1. The van der Waals surface area contributed by atoms with Gasteiger partial charge in [-0.1, -0.05) is 18.3 Å². The summed E-state index contributed by atoms with van der Waals surface area (Å²) in [6.45, 7) is 7.71. The molecule has 0 saturated carbocycles. The van der Waals surface area contributed by atoms with Crippen molar-refractivity contribution in [2.75, 3.05) is 26.3 Å². The quantitative estimate of drug-likeness (QED) is 0.820. The third kappa shape index (κ3) is 4.24. The van der Waals surface area contributed by atoms with Crippen LogP contribution in [0.2, 0.25) is 0 Å². The van der Waals surface area contributed by atoms with Crippen molar-refractivity contribution in [1.82, 2.24) is 30.3 Å². The highest BCUT2D eigenvalue weighted by Gasteiger charge is 2.26. The molecular weight excluding hydrogens is 316 g/mol. The number of nitrogens with zero attached hydrogens (tertiary/aromatic N) is 5. The van der Waals surface area contributed by atoms with Gasteiger partial charge in [-0.3, -0.25) is 10.00 Å². The molecular formula is C14H22N6O2S. The molecule has 0 amide bonds. The lowest BCUT2D eigenvalue weighted by Gasteiger charge is -2.30. The smallest absolute Gasteiger partial charge is 0.294 e. The van der Waals surface area contributed by atoms with Gasteiger partial charge in [0.15, 0.2) is 5.82 Å². The lowest BCUT2D eigenvalue weighted by molar-refractivity contribution is -0.0371. The molecule has 3 heterocycles. The van der Waals surface area contributed by atoms with Gasteiger partial charge in [-0.25, -0.2) is 4.98 Å². The second-order valence-corrected chi connectivity index (χ2v) is 6.40. The van der Waals surface area contributed by atoms with E-state index in [1.54, 1.807) is 0 Å². The van der Waals surface area contributed by atoms with E-state index in [-0.39, 0.29) is 6.10 Å². The Morgan fingerprint density at radius 1 is 1.39 bits per heavy atom. The second kappa shape index (κ2) is 7.80. The van der Waals surface area contributed by atoms with Gasteiger partial charge in [0.05, 0.1) is 19.8 Å². The molecule has 0 radical (unpaired) electrons. The number of morpholine rings is 1. The monoisotopic (exact) mass is 338 g/mol. The maximum Gasteiger partial charge on any atom is 0.294 e. The van der Waals surface area contributed by atoms with Gasteiger partial charge in [-0.15, -0.1) is 10.2 Å². The van der Waals surface area contributed by atoms with E-state index in [4.69, 9.17) is 9.47 Å². The molecule has 1 fully saturated rings. The number of H-pyrrole nitrogens is 1. The van der Waals surface area contributed by atoms with E-state index in [2.05, 4.69) is 37.2 Å². The molecule has 23 heavy (non-hydrogen) atoms. The number of hydrogen-bond acceptors (Lipinski definition) is 8. The molecule has 2 aromatic rings. The zero-order valence-corrected chi connectivity index (χ0v) is 14.3. The third-order valence-electron chi connectivity index (χ3n) is 3.55. The first-order chi connectivity index (χ1) is 11.3. The molecule has 3 rings (SSSR count). The average Bonchev–Trinajstić information content (AvgIpc) is 3.18. The zero-order valence-electron chi connectivity index (χ0n) is 13.5. The van der Waals surface area contributed by atoms with Crippen molar-refractivity contribution in [3.05, 3.63) is 16.7 Å². The predicted octanol–water partition coefficient (Wildman–Crippen LogP) is 1.58. The Morgan fingerprint density at radius 2 is 2.30 bits per heavy atom.